The Morgan fingerprint density at radius 3 is 2.64 bits per heavy atom. The van der Waals surface area contributed by atoms with Crippen molar-refractivity contribution < 1.29 is 17.9 Å². The number of ether oxygens (including phenoxy) is 1. The van der Waals surface area contributed by atoms with Gasteiger partial charge in [-0.1, -0.05) is 41.9 Å². The van der Waals surface area contributed by atoms with Crippen LogP contribution in [-0.2, 0) is 24.9 Å². The van der Waals surface area contributed by atoms with Gasteiger partial charge in [0, 0.05) is 24.5 Å². The molecule has 2 aromatic rings. The second-order valence-electron chi connectivity index (χ2n) is 9.01. The molecule has 2 aliphatic heterocycles. The fourth-order valence-electron chi connectivity index (χ4n) is 4.67. The summed E-state index contributed by atoms with van der Waals surface area (Å²) in [5, 5.41) is 0.420. The Morgan fingerprint density at radius 2 is 1.97 bits per heavy atom. The molecule has 4 rings (SSSR count). The number of nitrogens with zero attached hydrogens (tertiary/aromatic N) is 2. The van der Waals surface area contributed by atoms with Crippen LogP contribution in [0.4, 0.5) is 0 Å². The van der Waals surface area contributed by atoms with Crippen molar-refractivity contribution in [2.75, 3.05) is 12.9 Å². The van der Waals surface area contributed by atoms with E-state index < -0.39 is 15.4 Å². The van der Waals surface area contributed by atoms with Gasteiger partial charge in [0.15, 0.2) is 15.8 Å². The summed E-state index contributed by atoms with van der Waals surface area (Å²) in [5.41, 5.74) is 7.41. The van der Waals surface area contributed by atoms with Crippen LogP contribution in [0.15, 0.2) is 52.4 Å². The molecule has 9 heteroatoms. The normalized spacial score (nSPS) is 26.2. The molecule has 1 amide bonds. The Hall–Kier alpha value is -2.42. The van der Waals surface area contributed by atoms with E-state index in [4.69, 9.17) is 27.1 Å². The molecule has 0 radical (unpaired) electrons. The zero-order valence-electron chi connectivity index (χ0n) is 18.9. The summed E-state index contributed by atoms with van der Waals surface area (Å²) >= 11 is 6.83. The van der Waals surface area contributed by atoms with Gasteiger partial charge in [-0.15, -0.1) is 0 Å². The second kappa shape index (κ2) is 8.74. The monoisotopic (exact) mass is 489 g/mol. The van der Waals surface area contributed by atoms with E-state index in [0.29, 0.717) is 34.7 Å². The molecule has 33 heavy (non-hydrogen) atoms. The quantitative estimate of drug-likeness (QED) is 0.704. The lowest BCUT2D eigenvalue weighted by Crippen LogP contribution is -2.56. The van der Waals surface area contributed by atoms with E-state index in [9.17, 15) is 13.2 Å². The topological polar surface area (TPSA) is 102 Å². The molecule has 2 heterocycles. The van der Waals surface area contributed by atoms with E-state index in [-0.39, 0.29) is 35.3 Å². The maximum atomic E-state index is 13.2. The molecule has 1 saturated heterocycles. The fraction of sp³-hybridized carbons (Fsp3) is 0.417. The molecule has 176 valence electrons. The van der Waals surface area contributed by atoms with Crippen LogP contribution < -0.4 is 5.73 Å². The number of nitrogens with two attached hydrogens (primary N) is 1. The number of benzene rings is 2. The Kier molecular flexibility index (Phi) is 6.28. The summed E-state index contributed by atoms with van der Waals surface area (Å²) in [7, 11) is -3.36. The van der Waals surface area contributed by atoms with Crippen molar-refractivity contribution in [2.45, 2.75) is 55.7 Å². The van der Waals surface area contributed by atoms with Crippen molar-refractivity contribution in [3.8, 4) is 11.1 Å². The first-order valence-electron chi connectivity index (χ1n) is 10.9. The molecular weight excluding hydrogens is 462 g/mol. The van der Waals surface area contributed by atoms with Gasteiger partial charge in [0.05, 0.1) is 28.0 Å². The second-order valence-corrected chi connectivity index (χ2v) is 11.4. The highest BCUT2D eigenvalue weighted by Crippen LogP contribution is 2.42. The zero-order valence-corrected chi connectivity index (χ0v) is 20.5. The summed E-state index contributed by atoms with van der Waals surface area (Å²) < 4.78 is 29.6. The van der Waals surface area contributed by atoms with Crippen molar-refractivity contribution in [3.63, 3.8) is 0 Å². The highest BCUT2D eigenvalue weighted by molar-refractivity contribution is 7.90. The highest BCUT2D eigenvalue weighted by Gasteiger charge is 2.42. The summed E-state index contributed by atoms with van der Waals surface area (Å²) in [6.45, 7) is 4.42. The molecular formula is C24H28ClN3O4S. The minimum absolute atomic E-state index is 0.0323. The lowest BCUT2D eigenvalue weighted by atomic mass is 9.85. The molecule has 0 bridgehead atoms. The van der Waals surface area contributed by atoms with E-state index >= 15 is 0 Å². The van der Waals surface area contributed by atoms with Gasteiger partial charge in [0.25, 0.3) is 0 Å². The third kappa shape index (κ3) is 4.65. The van der Waals surface area contributed by atoms with Crippen molar-refractivity contribution in [3.05, 3.63) is 53.1 Å². The van der Waals surface area contributed by atoms with Crippen molar-refractivity contribution >= 4 is 33.3 Å². The van der Waals surface area contributed by atoms with Gasteiger partial charge in [-0.25, -0.2) is 13.4 Å². The van der Waals surface area contributed by atoms with Crippen LogP contribution >= 0.6 is 11.6 Å². The van der Waals surface area contributed by atoms with Gasteiger partial charge < -0.3 is 10.5 Å². The maximum Gasteiger partial charge on any atom is 0.232 e. The smallest absolute Gasteiger partial charge is 0.232 e. The van der Waals surface area contributed by atoms with E-state index in [1.165, 1.54) is 6.26 Å². The molecule has 7 nitrogen and oxygen atoms in total. The predicted octanol–water partition coefficient (Wildman–Crippen LogP) is 3.74. The van der Waals surface area contributed by atoms with Gasteiger partial charge in [-0.05, 0) is 49.9 Å². The minimum atomic E-state index is -3.36. The van der Waals surface area contributed by atoms with Gasteiger partial charge in [-0.3, -0.25) is 9.69 Å². The van der Waals surface area contributed by atoms with Crippen LogP contribution in [0.5, 0.6) is 0 Å². The average molecular weight is 490 g/mol. The van der Waals surface area contributed by atoms with Gasteiger partial charge in [0.2, 0.25) is 5.91 Å². The molecule has 0 saturated carbocycles. The molecule has 0 spiro atoms. The van der Waals surface area contributed by atoms with Crippen molar-refractivity contribution in [1.29, 1.82) is 0 Å². The first kappa shape index (κ1) is 23.7. The van der Waals surface area contributed by atoms with E-state index in [1.807, 2.05) is 32.0 Å². The highest BCUT2D eigenvalue weighted by atomic mass is 35.5. The van der Waals surface area contributed by atoms with Crippen LogP contribution in [0.25, 0.3) is 11.1 Å². The van der Waals surface area contributed by atoms with Crippen molar-refractivity contribution in [1.82, 2.24) is 4.90 Å². The Balaban J connectivity index is 1.72. The molecule has 2 aliphatic rings. The van der Waals surface area contributed by atoms with E-state index in [0.717, 1.165) is 6.42 Å². The van der Waals surface area contributed by atoms with Crippen LogP contribution in [-0.4, -0.2) is 50.2 Å². The number of aliphatic imine (C=N–C) groups is 1. The largest absolute Gasteiger partial charge is 0.378 e. The third-order valence-corrected chi connectivity index (χ3v) is 7.86. The molecule has 0 aromatic heterocycles. The lowest BCUT2D eigenvalue weighted by molar-refractivity contribution is -0.133. The summed E-state index contributed by atoms with van der Waals surface area (Å²) in [4.78, 5) is 19.8. The maximum absolute atomic E-state index is 13.2. The third-order valence-electron chi connectivity index (χ3n) is 6.35. The van der Waals surface area contributed by atoms with Crippen molar-refractivity contribution in [2.24, 2.45) is 10.7 Å². The number of guanidine groups is 1. The SMILES string of the molecule is C[C@H]1C[C@@H](N2C(=O)C[C@@](C)(c3cccc(-c4cccc(S(C)(=O)=O)c4)c3Cl)N=C2N)CCO1. The number of hydrogen-bond acceptors (Lipinski definition) is 6. The minimum Gasteiger partial charge on any atom is -0.378 e. The number of carbonyl (C=O) groups excluding carboxylic acids is 1. The molecule has 3 atom stereocenters. The number of hydrogen-bond donors (Lipinski definition) is 1. The summed E-state index contributed by atoms with van der Waals surface area (Å²) in [6.07, 6.45) is 2.79. The number of carbonyl (C=O) groups is 1. The molecule has 2 N–H and O–H groups in total. The van der Waals surface area contributed by atoms with Gasteiger partial charge in [-0.2, -0.15) is 0 Å². The Labute approximate surface area is 199 Å². The number of halogens is 1. The molecule has 1 fully saturated rings. The van der Waals surface area contributed by atoms with Gasteiger partial charge >= 0.3 is 0 Å². The van der Waals surface area contributed by atoms with Crippen LogP contribution in [0.1, 0.15) is 38.7 Å². The lowest BCUT2D eigenvalue weighted by Gasteiger charge is -2.41. The predicted molar refractivity (Wildman–Crippen MR) is 129 cm³/mol. The molecule has 0 aliphatic carbocycles. The summed E-state index contributed by atoms with van der Waals surface area (Å²) in [6, 6.07) is 12.1. The number of sulfone groups is 1. The zero-order chi connectivity index (χ0) is 24.0. The Bertz CT molecular complexity index is 1230. The first-order valence-corrected chi connectivity index (χ1v) is 13.1. The van der Waals surface area contributed by atoms with Gasteiger partial charge in [0.1, 0.15) is 0 Å². The van der Waals surface area contributed by atoms with Crippen LogP contribution in [0, 0.1) is 0 Å². The number of rotatable bonds is 4. The fourth-order valence-corrected chi connectivity index (χ4v) is 5.78. The molecule has 0 unspecified atom stereocenters. The van der Waals surface area contributed by atoms with E-state index in [2.05, 4.69) is 0 Å². The summed E-state index contributed by atoms with van der Waals surface area (Å²) in [5.74, 6) is 0.0954. The first-order chi connectivity index (χ1) is 15.5. The van der Waals surface area contributed by atoms with Crippen LogP contribution in [0.3, 0.4) is 0 Å². The molecule has 2 aromatic carbocycles. The van der Waals surface area contributed by atoms with E-state index in [1.54, 1.807) is 29.2 Å². The standard InChI is InChI=1S/C24H28ClN3O4S/c1-15-12-17(10-11-32-15)28-21(29)14-24(2,27-23(28)26)20-9-5-8-19(22(20)25)16-6-4-7-18(13-16)33(3,30)31/h4-9,13,15,17H,10-12,14H2,1-3H3,(H2,26,27)/t15-,17-,24-/m0/s1. The van der Waals surface area contributed by atoms with Crippen LogP contribution in [0.2, 0.25) is 5.02 Å². The number of amides is 1. The average Bonchev–Trinajstić information content (AvgIpc) is 2.73. The Morgan fingerprint density at radius 1 is 1.24 bits per heavy atom.